The number of likely N-dealkylation sites (tertiary alicyclic amines) is 1. The Labute approximate surface area is 100 Å². The molecule has 1 amide bonds. The average molecular weight is 235 g/mol. The summed E-state index contributed by atoms with van der Waals surface area (Å²) < 4.78 is 0. The molecule has 0 aromatic rings. The zero-order chi connectivity index (χ0) is 12.0. The number of amides is 1. The van der Waals surface area contributed by atoms with Gasteiger partial charge >= 0.3 is 0 Å². The van der Waals surface area contributed by atoms with Crippen LogP contribution in [0, 0.1) is 17.2 Å². The maximum atomic E-state index is 12.3. The Morgan fingerprint density at radius 2 is 2.29 bits per heavy atom. The van der Waals surface area contributed by atoms with Crippen LogP contribution < -0.4 is 5.32 Å². The van der Waals surface area contributed by atoms with Gasteiger partial charge in [-0.25, -0.2) is 0 Å². The lowest BCUT2D eigenvalue weighted by Crippen LogP contribution is -2.53. The molecule has 0 radical (unpaired) electrons. The monoisotopic (exact) mass is 235 g/mol. The standard InChI is InChI=1S/C12H17N3O2/c13-6-8-2-1-3-15(8)12(17)11-7-4-9(14-11)10(16)5-7/h7-11,14,16H,1-5H2/t7-,8?,9+,10+,11-/m0/s1. The lowest BCUT2D eigenvalue weighted by Gasteiger charge is -2.30. The van der Waals surface area contributed by atoms with E-state index in [2.05, 4.69) is 11.4 Å². The van der Waals surface area contributed by atoms with Gasteiger partial charge in [-0.05, 0) is 31.6 Å². The summed E-state index contributed by atoms with van der Waals surface area (Å²) in [7, 11) is 0. The van der Waals surface area contributed by atoms with Crippen molar-refractivity contribution in [1.82, 2.24) is 10.2 Å². The number of fused-ring (bicyclic) bond motifs is 2. The van der Waals surface area contributed by atoms with Crippen molar-refractivity contribution in [2.24, 2.45) is 5.92 Å². The smallest absolute Gasteiger partial charge is 0.241 e. The minimum absolute atomic E-state index is 0.0634. The van der Waals surface area contributed by atoms with Gasteiger partial charge in [-0.1, -0.05) is 0 Å². The predicted molar refractivity (Wildman–Crippen MR) is 59.8 cm³/mol. The van der Waals surface area contributed by atoms with Crippen molar-refractivity contribution in [3.8, 4) is 6.07 Å². The lowest BCUT2D eigenvalue weighted by molar-refractivity contribution is -0.134. The molecule has 5 heteroatoms. The number of nitrogens with one attached hydrogen (secondary N) is 1. The number of hydrogen-bond acceptors (Lipinski definition) is 4. The van der Waals surface area contributed by atoms with E-state index in [1.165, 1.54) is 0 Å². The van der Waals surface area contributed by atoms with E-state index in [0.717, 1.165) is 25.7 Å². The van der Waals surface area contributed by atoms with Crippen LogP contribution in [0.4, 0.5) is 0 Å². The third-order valence-corrected chi connectivity index (χ3v) is 4.38. The molecule has 3 aliphatic rings. The summed E-state index contributed by atoms with van der Waals surface area (Å²) in [4.78, 5) is 14.1. The van der Waals surface area contributed by atoms with Gasteiger partial charge in [0.1, 0.15) is 6.04 Å². The first-order chi connectivity index (χ1) is 8.20. The summed E-state index contributed by atoms with van der Waals surface area (Å²) in [6, 6.07) is 1.87. The van der Waals surface area contributed by atoms with Gasteiger partial charge in [0.25, 0.3) is 0 Å². The number of piperidine rings is 1. The molecule has 3 rings (SSSR count). The van der Waals surface area contributed by atoms with Gasteiger partial charge in [-0.2, -0.15) is 5.26 Å². The third kappa shape index (κ3) is 1.63. The fraction of sp³-hybridized carbons (Fsp3) is 0.833. The lowest BCUT2D eigenvalue weighted by atomic mass is 9.97. The molecule has 2 N–H and O–H groups in total. The molecule has 92 valence electrons. The first kappa shape index (κ1) is 11.0. The zero-order valence-corrected chi connectivity index (χ0v) is 9.67. The Morgan fingerprint density at radius 3 is 2.88 bits per heavy atom. The number of carbonyl (C=O) groups excluding carboxylic acids is 1. The van der Waals surface area contributed by atoms with Crippen LogP contribution in [-0.2, 0) is 4.79 Å². The molecule has 3 fully saturated rings. The van der Waals surface area contributed by atoms with Gasteiger partial charge < -0.3 is 15.3 Å². The van der Waals surface area contributed by atoms with E-state index in [1.54, 1.807) is 4.90 Å². The number of aliphatic hydroxyl groups is 1. The van der Waals surface area contributed by atoms with Gasteiger partial charge in [0, 0.05) is 12.6 Å². The minimum atomic E-state index is -0.297. The molecule has 2 saturated heterocycles. The maximum Gasteiger partial charge on any atom is 0.241 e. The highest BCUT2D eigenvalue weighted by Gasteiger charge is 2.49. The third-order valence-electron chi connectivity index (χ3n) is 4.38. The van der Waals surface area contributed by atoms with Crippen molar-refractivity contribution in [2.75, 3.05) is 6.54 Å². The van der Waals surface area contributed by atoms with E-state index in [9.17, 15) is 9.90 Å². The first-order valence-electron chi connectivity index (χ1n) is 6.35. The van der Waals surface area contributed by atoms with Crippen LogP contribution in [0.3, 0.4) is 0 Å². The Hall–Kier alpha value is -1.12. The fourth-order valence-corrected chi connectivity index (χ4v) is 3.49. The fourth-order valence-electron chi connectivity index (χ4n) is 3.49. The molecule has 1 unspecified atom stereocenters. The molecule has 0 aromatic heterocycles. The van der Waals surface area contributed by atoms with E-state index in [-0.39, 0.29) is 36.1 Å². The number of nitriles is 1. The van der Waals surface area contributed by atoms with Gasteiger partial charge in [-0.3, -0.25) is 4.79 Å². The number of rotatable bonds is 1. The highest BCUT2D eigenvalue weighted by molar-refractivity contribution is 5.83. The topological polar surface area (TPSA) is 76.4 Å². The van der Waals surface area contributed by atoms with Crippen LogP contribution in [0.5, 0.6) is 0 Å². The van der Waals surface area contributed by atoms with Crippen LogP contribution in [0.15, 0.2) is 0 Å². The van der Waals surface area contributed by atoms with Crippen molar-refractivity contribution < 1.29 is 9.90 Å². The van der Waals surface area contributed by atoms with E-state index in [1.807, 2.05) is 0 Å². The molecule has 1 aliphatic carbocycles. The van der Waals surface area contributed by atoms with E-state index in [0.29, 0.717) is 6.54 Å². The molecule has 5 nitrogen and oxygen atoms in total. The molecular formula is C12H17N3O2. The van der Waals surface area contributed by atoms with Crippen molar-refractivity contribution in [3.63, 3.8) is 0 Å². The van der Waals surface area contributed by atoms with Crippen molar-refractivity contribution in [2.45, 2.75) is 49.9 Å². The normalized spacial score (nSPS) is 44.0. The van der Waals surface area contributed by atoms with E-state index in [4.69, 9.17) is 5.26 Å². The molecule has 17 heavy (non-hydrogen) atoms. The van der Waals surface area contributed by atoms with Gasteiger partial charge in [0.05, 0.1) is 18.2 Å². The minimum Gasteiger partial charge on any atom is -0.391 e. The Morgan fingerprint density at radius 1 is 1.47 bits per heavy atom. The number of aliphatic hydroxyl groups excluding tert-OH is 1. The Balaban J connectivity index is 1.70. The second-order valence-electron chi connectivity index (χ2n) is 5.37. The summed E-state index contributed by atoms with van der Waals surface area (Å²) in [5.41, 5.74) is 0. The first-order valence-corrected chi connectivity index (χ1v) is 6.35. The van der Waals surface area contributed by atoms with Gasteiger partial charge in [0.15, 0.2) is 0 Å². The van der Waals surface area contributed by atoms with Crippen LogP contribution in [0.25, 0.3) is 0 Å². The van der Waals surface area contributed by atoms with E-state index < -0.39 is 0 Å². The molecular weight excluding hydrogens is 218 g/mol. The Bertz CT molecular complexity index is 376. The molecule has 2 aliphatic heterocycles. The molecule has 5 atom stereocenters. The van der Waals surface area contributed by atoms with Crippen LogP contribution >= 0.6 is 0 Å². The van der Waals surface area contributed by atoms with Crippen molar-refractivity contribution in [1.29, 1.82) is 5.26 Å². The summed E-state index contributed by atoms with van der Waals surface area (Å²) in [6.45, 7) is 0.704. The van der Waals surface area contributed by atoms with Crippen LogP contribution in [0.2, 0.25) is 0 Å². The predicted octanol–water partition coefficient (Wildman–Crippen LogP) is -0.388. The SMILES string of the molecule is N#CC1CCCN1C(=O)[C@H]1N[C@@H]2C[C@H]1C[C@H]2O. The second-order valence-corrected chi connectivity index (χ2v) is 5.37. The van der Waals surface area contributed by atoms with Crippen molar-refractivity contribution >= 4 is 5.91 Å². The van der Waals surface area contributed by atoms with Crippen LogP contribution in [0.1, 0.15) is 25.7 Å². The summed E-state index contributed by atoms with van der Waals surface area (Å²) >= 11 is 0. The maximum absolute atomic E-state index is 12.3. The van der Waals surface area contributed by atoms with Crippen molar-refractivity contribution in [3.05, 3.63) is 0 Å². The summed E-state index contributed by atoms with van der Waals surface area (Å²) in [5, 5.41) is 21.9. The second kappa shape index (κ2) is 3.97. The zero-order valence-electron chi connectivity index (χ0n) is 9.67. The molecule has 2 bridgehead atoms. The highest BCUT2D eigenvalue weighted by atomic mass is 16.3. The quantitative estimate of drug-likeness (QED) is 0.649. The summed E-state index contributed by atoms with van der Waals surface area (Å²) in [5.74, 6) is 0.316. The van der Waals surface area contributed by atoms with Gasteiger partial charge in [-0.15, -0.1) is 0 Å². The largest absolute Gasteiger partial charge is 0.391 e. The molecule has 2 heterocycles. The number of hydrogen-bond donors (Lipinski definition) is 2. The molecule has 1 saturated carbocycles. The van der Waals surface area contributed by atoms with Crippen LogP contribution in [-0.4, -0.2) is 46.7 Å². The highest BCUT2D eigenvalue weighted by Crippen LogP contribution is 2.37. The number of carbonyl (C=O) groups is 1. The summed E-state index contributed by atoms with van der Waals surface area (Å²) in [6.07, 6.45) is 3.04. The van der Waals surface area contributed by atoms with E-state index >= 15 is 0 Å². The number of nitrogens with zero attached hydrogens (tertiary/aromatic N) is 2. The average Bonchev–Trinajstić information content (AvgIpc) is 3.01. The Kier molecular flexibility index (Phi) is 2.57. The molecule has 0 spiro atoms. The van der Waals surface area contributed by atoms with Gasteiger partial charge in [0.2, 0.25) is 5.91 Å². The molecule has 0 aromatic carbocycles.